The average molecular weight is 927 g/mol. The van der Waals surface area contributed by atoms with Crippen LogP contribution in [0.25, 0.3) is 0 Å². The standard InChI is InChI=1S/C12H18O3.C12H16O2.C11H14O3.C11H16O2.C10H14O/c1-8(2)9-6-10(13-3)12(15-5)11(7-9)14-4;1-8(2)10-5-6-11(9(3)13)12(7-10)14-4;1-7(2)9-5-4-8(11(12)13)6-10(9)14-3;1-8(2)10-6-5-9(12-3)7-11(10)13-4;1-8(2)9-4-6-10(11-3)7-5-9/h6-8H,1-5H3;5-8H,1-4H3;4-7H,1-3H3,(H,12,13);5-8H,1-4H3;4-8H,1-3H3. The molecule has 0 heterocycles. The molecule has 368 valence electrons. The second-order valence-electron chi connectivity index (χ2n) is 16.9. The van der Waals surface area contributed by atoms with Crippen molar-refractivity contribution in [3.63, 3.8) is 0 Å². The number of rotatable bonds is 15. The van der Waals surface area contributed by atoms with E-state index in [-0.39, 0.29) is 11.3 Å². The lowest BCUT2D eigenvalue weighted by Gasteiger charge is -2.15. The zero-order valence-corrected chi connectivity index (χ0v) is 43.6. The first-order valence-corrected chi connectivity index (χ1v) is 22.4. The van der Waals surface area contributed by atoms with Crippen LogP contribution in [0.4, 0.5) is 0 Å². The van der Waals surface area contributed by atoms with Crippen molar-refractivity contribution < 1.29 is 52.6 Å². The van der Waals surface area contributed by atoms with E-state index in [0.29, 0.717) is 63.9 Å². The minimum atomic E-state index is -0.932. The number of benzene rings is 5. The van der Waals surface area contributed by atoms with Gasteiger partial charge in [-0.3, -0.25) is 4.79 Å². The van der Waals surface area contributed by atoms with Crippen molar-refractivity contribution >= 4 is 11.8 Å². The quantitative estimate of drug-likeness (QED) is 0.101. The summed E-state index contributed by atoms with van der Waals surface area (Å²) in [6.45, 7) is 22.8. The van der Waals surface area contributed by atoms with Crippen LogP contribution in [-0.4, -0.2) is 73.7 Å². The molecule has 0 saturated carbocycles. The highest BCUT2D eigenvalue weighted by Crippen LogP contribution is 2.40. The molecule has 0 aromatic heterocycles. The molecule has 0 aliphatic carbocycles. The number of carbonyl (C=O) groups is 2. The number of hydrogen-bond acceptors (Lipinski definition) is 10. The molecule has 1 N–H and O–H groups in total. The summed E-state index contributed by atoms with van der Waals surface area (Å²) in [4.78, 5) is 21.9. The number of carbonyl (C=O) groups excluding carboxylic acids is 1. The number of hydrogen-bond donors (Lipinski definition) is 1. The van der Waals surface area contributed by atoms with Gasteiger partial charge in [-0.25, -0.2) is 4.79 Å². The number of carboxylic acid groups (broad SMARTS) is 1. The monoisotopic (exact) mass is 927 g/mol. The number of ether oxygens (including phenoxy) is 8. The first-order chi connectivity index (χ1) is 31.7. The molecule has 0 spiro atoms. The second-order valence-corrected chi connectivity index (χ2v) is 16.9. The van der Waals surface area contributed by atoms with Crippen molar-refractivity contribution in [1.29, 1.82) is 0 Å². The normalized spacial score (nSPS) is 10.3. The van der Waals surface area contributed by atoms with Crippen molar-refractivity contribution in [3.8, 4) is 46.0 Å². The molecule has 5 aromatic rings. The molecule has 67 heavy (non-hydrogen) atoms. The Morgan fingerprint density at radius 3 is 1.16 bits per heavy atom. The van der Waals surface area contributed by atoms with Crippen molar-refractivity contribution in [2.75, 3.05) is 56.9 Å². The van der Waals surface area contributed by atoms with Crippen molar-refractivity contribution in [2.45, 2.75) is 106 Å². The molecule has 0 saturated heterocycles. The van der Waals surface area contributed by atoms with Gasteiger partial charge in [0.05, 0.1) is 68.0 Å². The molecule has 0 radical (unpaired) electrons. The Morgan fingerprint density at radius 1 is 0.388 bits per heavy atom. The van der Waals surface area contributed by atoms with Gasteiger partial charge in [-0.05, 0) is 119 Å². The molecule has 11 nitrogen and oxygen atoms in total. The molecule has 0 amide bonds. The third kappa shape index (κ3) is 18.8. The van der Waals surface area contributed by atoms with Gasteiger partial charge in [-0.2, -0.15) is 0 Å². The molecule has 0 atom stereocenters. The van der Waals surface area contributed by atoms with E-state index in [2.05, 4.69) is 67.5 Å². The highest BCUT2D eigenvalue weighted by molar-refractivity contribution is 5.96. The second kappa shape index (κ2) is 30.0. The third-order valence-electron chi connectivity index (χ3n) is 10.6. The Hall–Kier alpha value is -6.36. The number of ketones is 1. The average Bonchev–Trinajstić information content (AvgIpc) is 3.33. The van der Waals surface area contributed by atoms with Gasteiger partial charge < -0.3 is 43.0 Å². The molecule has 0 fully saturated rings. The van der Waals surface area contributed by atoms with E-state index >= 15 is 0 Å². The SMILES string of the molecule is COc1cc(C(=O)O)ccc1C(C)C.COc1cc(C(C)C)cc(OC)c1OC.COc1cc(C(C)C)ccc1C(C)=O.COc1ccc(C(C)C)c(OC)c1.COc1ccc(C(C)C)cc1. The van der Waals surface area contributed by atoms with Crippen molar-refractivity contribution in [2.24, 2.45) is 0 Å². The summed E-state index contributed by atoms with van der Waals surface area (Å²) in [7, 11) is 13.0. The Morgan fingerprint density at radius 2 is 0.791 bits per heavy atom. The van der Waals surface area contributed by atoms with Gasteiger partial charge in [0.2, 0.25) is 5.75 Å². The lowest BCUT2D eigenvalue weighted by Crippen LogP contribution is -2.00. The van der Waals surface area contributed by atoms with Crippen molar-refractivity contribution in [1.82, 2.24) is 0 Å². The number of methoxy groups -OCH3 is 8. The largest absolute Gasteiger partial charge is 0.497 e. The van der Waals surface area contributed by atoms with E-state index in [1.807, 2.05) is 74.5 Å². The van der Waals surface area contributed by atoms with Gasteiger partial charge in [0.25, 0.3) is 0 Å². The van der Waals surface area contributed by atoms with E-state index in [0.717, 1.165) is 22.8 Å². The Labute approximate surface area is 401 Å². The summed E-state index contributed by atoms with van der Waals surface area (Å²) < 4.78 is 41.5. The van der Waals surface area contributed by atoms with Crippen LogP contribution in [0.3, 0.4) is 0 Å². The van der Waals surface area contributed by atoms with Crippen LogP contribution < -0.4 is 37.9 Å². The minimum absolute atomic E-state index is 0.0390. The first-order valence-electron chi connectivity index (χ1n) is 22.4. The summed E-state index contributed by atoms with van der Waals surface area (Å²) in [5.74, 6) is 7.41. The summed E-state index contributed by atoms with van der Waals surface area (Å²) in [6, 6.07) is 28.7. The van der Waals surface area contributed by atoms with Gasteiger partial charge >= 0.3 is 5.97 Å². The molecule has 11 heteroatoms. The van der Waals surface area contributed by atoms with Crippen LogP contribution in [0.5, 0.6) is 46.0 Å². The van der Waals surface area contributed by atoms with Crippen LogP contribution in [0, 0.1) is 0 Å². The van der Waals surface area contributed by atoms with Crippen LogP contribution in [-0.2, 0) is 0 Å². The molecule has 5 rings (SSSR count). The summed E-state index contributed by atoms with van der Waals surface area (Å²) in [5.41, 5.74) is 6.85. The Bertz CT molecular complexity index is 2210. The topological polar surface area (TPSA) is 128 Å². The molecule has 0 bridgehead atoms. The molecular formula is C56H78O11. The molecule has 0 unspecified atom stereocenters. The lowest BCUT2D eigenvalue weighted by atomic mass is 10.00. The number of Topliss-reactive ketones (excluding diaryl/α,β-unsaturated/α-hetero) is 1. The van der Waals surface area contributed by atoms with Crippen LogP contribution in [0.2, 0.25) is 0 Å². The predicted molar refractivity (Wildman–Crippen MR) is 272 cm³/mol. The number of carboxylic acids is 1. The lowest BCUT2D eigenvalue weighted by molar-refractivity contribution is 0.0696. The molecular weight excluding hydrogens is 849 g/mol. The molecule has 5 aromatic carbocycles. The predicted octanol–water partition coefficient (Wildman–Crippen LogP) is 14.0. The van der Waals surface area contributed by atoms with Gasteiger partial charge in [0.15, 0.2) is 17.3 Å². The smallest absolute Gasteiger partial charge is 0.335 e. The van der Waals surface area contributed by atoms with Crippen LogP contribution in [0.1, 0.15) is 154 Å². The summed E-state index contributed by atoms with van der Waals surface area (Å²) >= 11 is 0. The van der Waals surface area contributed by atoms with Crippen LogP contribution >= 0.6 is 0 Å². The fourth-order valence-corrected chi connectivity index (χ4v) is 6.40. The van der Waals surface area contributed by atoms with Gasteiger partial charge in [0, 0.05) is 6.07 Å². The zero-order valence-electron chi connectivity index (χ0n) is 43.6. The number of aromatic carboxylic acids is 1. The highest BCUT2D eigenvalue weighted by Gasteiger charge is 2.15. The van der Waals surface area contributed by atoms with Gasteiger partial charge in [-0.15, -0.1) is 0 Å². The highest BCUT2D eigenvalue weighted by atomic mass is 16.5. The first kappa shape index (κ1) is 58.7. The van der Waals surface area contributed by atoms with E-state index in [9.17, 15) is 9.59 Å². The van der Waals surface area contributed by atoms with Gasteiger partial charge in [-0.1, -0.05) is 99.6 Å². The fourth-order valence-electron chi connectivity index (χ4n) is 6.40. The van der Waals surface area contributed by atoms with Crippen LogP contribution in [0.15, 0.2) is 91.0 Å². The van der Waals surface area contributed by atoms with Crippen molar-refractivity contribution in [3.05, 3.63) is 130 Å². The maximum Gasteiger partial charge on any atom is 0.335 e. The summed E-state index contributed by atoms with van der Waals surface area (Å²) in [5, 5.41) is 8.78. The van der Waals surface area contributed by atoms with E-state index in [4.69, 9.17) is 43.0 Å². The van der Waals surface area contributed by atoms with E-state index < -0.39 is 5.97 Å². The maximum atomic E-state index is 11.2. The maximum absolute atomic E-state index is 11.2. The Kier molecular flexibility index (Phi) is 26.3. The minimum Gasteiger partial charge on any atom is -0.497 e. The molecule has 0 aliphatic heterocycles. The van der Waals surface area contributed by atoms with E-state index in [1.165, 1.54) is 22.3 Å². The fraction of sp³-hybridized carbons (Fsp3) is 0.429. The van der Waals surface area contributed by atoms with E-state index in [1.54, 1.807) is 82.0 Å². The third-order valence-corrected chi connectivity index (χ3v) is 10.6. The zero-order chi connectivity index (χ0) is 51.0. The Balaban J connectivity index is 0.000000420. The summed E-state index contributed by atoms with van der Waals surface area (Å²) in [6.07, 6.45) is 0. The van der Waals surface area contributed by atoms with Gasteiger partial charge in [0.1, 0.15) is 28.7 Å². The molecule has 0 aliphatic rings.